The van der Waals surface area contributed by atoms with Crippen molar-refractivity contribution in [2.45, 2.75) is 32.5 Å². The minimum absolute atomic E-state index is 0.137. The molecule has 0 saturated carbocycles. The summed E-state index contributed by atoms with van der Waals surface area (Å²) < 4.78 is 16.1. The average Bonchev–Trinajstić information content (AvgIpc) is 2.59. The molecule has 0 radical (unpaired) electrons. The Bertz CT molecular complexity index is 455. The molecule has 0 saturated heterocycles. The lowest BCUT2D eigenvalue weighted by Crippen LogP contribution is -3.13. The molecule has 3 N–H and O–H groups in total. The highest BCUT2D eigenvalue weighted by atomic mass is 16.5. The highest BCUT2D eigenvalue weighted by Gasteiger charge is 2.15. The number of rotatable bonds is 13. The second-order valence-corrected chi connectivity index (χ2v) is 5.89. The van der Waals surface area contributed by atoms with Crippen LogP contribution in [0.25, 0.3) is 0 Å². The molecule has 138 valence electrons. The van der Waals surface area contributed by atoms with Gasteiger partial charge in [-0.2, -0.15) is 0 Å². The Morgan fingerprint density at radius 1 is 1.12 bits per heavy atom. The van der Waals surface area contributed by atoms with E-state index in [0.29, 0.717) is 31.2 Å². The fourth-order valence-electron chi connectivity index (χ4n) is 2.59. The van der Waals surface area contributed by atoms with Crippen LogP contribution in [-0.4, -0.2) is 63.4 Å². The topological polar surface area (TPSA) is 72.6 Å². The Hall–Kier alpha value is -1.34. The molecule has 24 heavy (non-hydrogen) atoms. The van der Waals surface area contributed by atoms with Crippen molar-refractivity contribution < 1.29 is 29.3 Å². The van der Waals surface area contributed by atoms with Crippen molar-refractivity contribution >= 4 is 0 Å². The van der Waals surface area contributed by atoms with Crippen molar-refractivity contribution in [3.8, 4) is 11.5 Å². The Morgan fingerprint density at radius 2 is 1.88 bits per heavy atom. The number of nitrogens with one attached hydrogen (secondary N) is 1. The summed E-state index contributed by atoms with van der Waals surface area (Å²) in [7, 11) is 3.20. The SMILES string of the molecule is CCCC[NH+](CCO)C[C@@H](O)COCc1ccc(OC)c(OC)c1. The molecule has 0 spiro atoms. The summed E-state index contributed by atoms with van der Waals surface area (Å²) in [5.41, 5.74) is 0.963. The van der Waals surface area contributed by atoms with Crippen molar-refractivity contribution in [1.82, 2.24) is 0 Å². The van der Waals surface area contributed by atoms with Gasteiger partial charge in [0.2, 0.25) is 0 Å². The molecule has 0 amide bonds. The van der Waals surface area contributed by atoms with Gasteiger partial charge in [0.05, 0.1) is 40.6 Å². The highest BCUT2D eigenvalue weighted by Crippen LogP contribution is 2.27. The average molecular weight is 342 g/mol. The molecule has 0 heterocycles. The van der Waals surface area contributed by atoms with E-state index in [4.69, 9.17) is 19.3 Å². The number of hydrogen-bond acceptors (Lipinski definition) is 5. The number of unbranched alkanes of at least 4 members (excludes halogenated alkanes) is 1. The van der Waals surface area contributed by atoms with Crippen LogP contribution in [0.4, 0.5) is 0 Å². The first-order chi connectivity index (χ1) is 11.6. The summed E-state index contributed by atoms with van der Waals surface area (Å²) >= 11 is 0. The van der Waals surface area contributed by atoms with Gasteiger partial charge in [0, 0.05) is 0 Å². The quantitative estimate of drug-likeness (QED) is 0.480. The Balaban J connectivity index is 2.39. The molecule has 6 heteroatoms. The molecule has 1 aromatic carbocycles. The van der Waals surface area contributed by atoms with Crippen LogP contribution in [0.2, 0.25) is 0 Å². The monoisotopic (exact) mass is 342 g/mol. The van der Waals surface area contributed by atoms with Crippen molar-refractivity contribution in [3.63, 3.8) is 0 Å². The molecule has 0 aromatic heterocycles. The van der Waals surface area contributed by atoms with Gasteiger partial charge in [-0.1, -0.05) is 19.4 Å². The standard InChI is InChI=1S/C18H31NO5/c1-4-5-8-19(9-10-20)12-16(21)14-24-13-15-6-7-17(22-2)18(11-15)23-3/h6-7,11,16,20-21H,4-5,8-10,12-14H2,1-3H3/p+1/t16-/m1/s1. The number of benzene rings is 1. The summed E-state index contributed by atoms with van der Waals surface area (Å²) in [5, 5.41) is 19.2. The molecule has 1 rings (SSSR count). The zero-order valence-electron chi connectivity index (χ0n) is 15.1. The maximum Gasteiger partial charge on any atom is 0.161 e. The van der Waals surface area contributed by atoms with Crippen LogP contribution in [0.3, 0.4) is 0 Å². The minimum atomic E-state index is -0.538. The van der Waals surface area contributed by atoms with Crippen molar-refractivity contribution in [1.29, 1.82) is 0 Å². The lowest BCUT2D eigenvalue weighted by molar-refractivity contribution is -0.903. The van der Waals surface area contributed by atoms with Crippen LogP contribution in [0.1, 0.15) is 25.3 Å². The molecule has 0 aliphatic rings. The number of aliphatic hydroxyl groups excluding tert-OH is 2. The van der Waals surface area contributed by atoms with Crippen molar-refractivity contribution in [2.24, 2.45) is 0 Å². The second-order valence-electron chi connectivity index (χ2n) is 5.89. The number of aliphatic hydroxyl groups is 2. The summed E-state index contributed by atoms with van der Waals surface area (Å²) in [6, 6.07) is 5.62. The zero-order valence-corrected chi connectivity index (χ0v) is 15.1. The number of quaternary nitrogens is 1. The number of ether oxygens (including phenoxy) is 3. The Morgan fingerprint density at radius 3 is 2.50 bits per heavy atom. The maximum absolute atomic E-state index is 10.1. The number of hydrogen-bond donors (Lipinski definition) is 3. The molecular formula is C18H32NO5+. The van der Waals surface area contributed by atoms with E-state index in [1.807, 2.05) is 18.2 Å². The predicted octanol–water partition coefficient (Wildman–Crippen LogP) is 0.259. The van der Waals surface area contributed by atoms with E-state index >= 15 is 0 Å². The normalized spacial score (nSPS) is 13.5. The van der Waals surface area contributed by atoms with Crippen molar-refractivity contribution in [3.05, 3.63) is 23.8 Å². The van der Waals surface area contributed by atoms with Crippen LogP contribution >= 0.6 is 0 Å². The first-order valence-electron chi connectivity index (χ1n) is 8.55. The summed E-state index contributed by atoms with van der Waals surface area (Å²) in [6.45, 7) is 5.16. The third-order valence-electron chi connectivity index (χ3n) is 3.90. The Labute approximate surface area is 144 Å². The summed E-state index contributed by atoms with van der Waals surface area (Å²) in [5.74, 6) is 1.35. The van der Waals surface area contributed by atoms with E-state index in [1.165, 1.54) is 4.90 Å². The van der Waals surface area contributed by atoms with Crippen LogP contribution in [0.15, 0.2) is 18.2 Å². The molecular weight excluding hydrogens is 310 g/mol. The van der Waals surface area contributed by atoms with E-state index < -0.39 is 6.10 Å². The molecule has 1 unspecified atom stereocenters. The highest BCUT2D eigenvalue weighted by molar-refractivity contribution is 5.42. The third kappa shape index (κ3) is 7.49. The lowest BCUT2D eigenvalue weighted by Gasteiger charge is -2.21. The first-order valence-corrected chi connectivity index (χ1v) is 8.55. The molecule has 0 bridgehead atoms. The van der Waals surface area contributed by atoms with E-state index in [0.717, 1.165) is 24.9 Å². The maximum atomic E-state index is 10.1. The fourth-order valence-corrected chi connectivity index (χ4v) is 2.59. The van der Waals surface area contributed by atoms with Gasteiger partial charge in [-0.05, 0) is 24.1 Å². The fraction of sp³-hybridized carbons (Fsp3) is 0.667. The van der Waals surface area contributed by atoms with Gasteiger partial charge in [0.25, 0.3) is 0 Å². The van der Waals surface area contributed by atoms with Crippen LogP contribution < -0.4 is 14.4 Å². The van der Waals surface area contributed by atoms with Crippen molar-refractivity contribution in [2.75, 3.05) is 47.1 Å². The van der Waals surface area contributed by atoms with Crippen LogP contribution in [-0.2, 0) is 11.3 Å². The van der Waals surface area contributed by atoms with Gasteiger partial charge >= 0.3 is 0 Å². The minimum Gasteiger partial charge on any atom is -0.493 e. The summed E-state index contributed by atoms with van der Waals surface area (Å²) in [6.07, 6.45) is 1.67. The largest absolute Gasteiger partial charge is 0.493 e. The van der Waals surface area contributed by atoms with Crippen LogP contribution in [0, 0.1) is 0 Å². The van der Waals surface area contributed by atoms with E-state index in [9.17, 15) is 5.11 Å². The number of methoxy groups -OCH3 is 2. The third-order valence-corrected chi connectivity index (χ3v) is 3.90. The second kappa shape index (κ2) is 12.1. The Kier molecular flexibility index (Phi) is 10.4. The van der Waals surface area contributed by atoms with E-state index in [-0.39, 0.29) is 13.2 Å². The van der Waals surface area contributed by atoms with Gasteiger partial charge in [-0.3, -0.25) is 0 Å². The van der Waals surface area contributed by atoms with Gasteiger partial charge < -0.3 is 29.3 Å². The molecule has 2 atom stereocenters. The molecule has 0 aliphatic heterocycles. The van der Waals surface area contributed by atoms with E-state index in [2.05, 4.69) is 6.92 Å². The molecule has 6 nitrogen and oxygen atoms in total. The molecule has 0 aliphatic carbocycles. The molecule has 1 aromatic rings. The lowest BCUT2D eigenvalue weighted by atomic mass is 10.2. The van der Waals surface area contributed by atoms with Gasteiger partial charge in [-0.15, -0.1) is 0 Å². The van der Waals surface area contributed by atoms with Crippen LogP contribution in [0.5, 0.6) is 11.5 Å². The predicted molar refractivity (Wildman–Crippen MR) is 92.8 cm³/mol. The van der Waals surface area contributed by atoms with E-state index in [1.54, 1.807) is 14.2 Å². The smallest absolute Gasteiger partial charge is 0.161 e. The summed E-state index contributed by atoms with van der Waals surface area (Å²) in [4.78, 5) is 1.21. The zero-order chi connectivity index (χ0) is 17.8. The molecule has 0 fully saturated rings. The van der Waals surface area contributed by atoms with Gasteiger partial charge in [0.1, 0.15) is 19.2 Å². The van der Waals surface area contributed by atoms with Gasteiger partial charge in [-0.25, -0.2) is 0 Å². The first kappa shape index (κ1) is 20.7. The van der Waals surface area contributed by atoms with Gasteiger partial charge in [0.15, 0.2) is 11.5 Å².